The van der Waals surface area contributed by atoms with Crippen LogP contribution in [-0.2, 0) is 33.2 Å². The van der Waals surface area contributed by atoms with Crippen molar-refractivity contribution in [3.05, 3.63) is 12.7 Å². The molecule has 0 radical (unpaired) electrons. The van der Waals surface area contributed by atoms with Gasteiger partial charge in [-0.2, -0.15) is 0 Å². The van der Waals surface area contributed by atoms with Crippen molar-refractivity contribution < 1.29 is 38.3 Å². The minimum atomic E-state index is 0.0347. The van der Waals surface area contributed by atoms with E-state index in [-0.39, 0.29) is 13.4 Å². The zero-order valence-electron chi connectivity index (χ0n) is 14.5. The van der Waals surface area contributed by atoms with Crippen LogP contribution in [0.1, 0.15) is 0 Å². The van der Waals surface area contributed by atoms with Crippen molar-refractivity contribution in [2.75, 3.05) is 92.7 Å². The van der Waals surface area contributed by atoms with Crippen LogP contribution in [-0.4, -0.2) is 97.8 Å². The van der Waals surface area contributed by atoms with Crippen LogP contribution < -0.4 is 0 Å². The summed E-state index contributed by atoms with van der Waals surface area (Å²) in [4.78, 5) is 0. The summed E-state index contributed by atoms with van der Waals surface area (Å²) in [5, 5.41) is 8.50. The summed E-state index contributed by atoms with van der Waals surface area (Å²) in [6.07, 6.45) is 1.67. The number of hydrogen-bond acceptors (Lipinski definition) is 8. The van der Waals surface area contributed by atoms with Gasteiger partial charge in [-0.1, -0.05) is 6.08 Å². The molecule has 0 saturated heterocycles. The predicted octanol–water partition coefficient (Wildman–Crippen LogP) is 0.238. The van der Waals surface area contributed by atoms with Crippen molar-refractivity contribution in [2.24, 2.45) is 0 Å². The van der Waals surface area contributed by atoms with E-state index in [1.807, 2.05) is 0 Å². The van der Waals surface area contributed by atoms with Crippen molar-refractivity contribution in [3.8, 4) is 0 Å². The first kappa shape index (κ1) is 23.4. The molecule has 0 rings (SSSR count). The summed E-state index contributed by atoms with van der Waals surface area (Å²) in [7, 11) is 0. The van der Waals surface area contributed by atoms with Crippen molar-refractivity contribution >= 4 is 0 Å². The first-order valence-electron chi connectivity index (χ1n) is 8.17. The normalized spacial score (nSPS) is 11.0. The molecule has 0 bridgehead atoms. The molecule has 24 heavy (non-hydrogen) atoms. The van der Waals surface area contributed by atoms with Crippen molar-refractivity contribution in [3.63, 3.8) is 0 Å². The topological polar surface area (TPSA) is 84.8 Å². The van der Waals surface area contributed by atoms with Gasteiger partial charge in [0.2, 0.25) is 0 Å². The summed E-state index contributed by atoms with van der Waals surface area (Å²) in [6.45, 7) is 9.77. The Morgan fingerprint density at radius 1 is 0.542 bits per heavy atom. The average molecular weight is 352 g/mol. The van der Waals surface area contributed by atoms with Gasteiger partial charge in [0.05, 0.1) is 85.9 Å². The van der Waals surface area contributed by atoms with E-state index in [0.29, 0.717) is 79.3 Å². The highest BCUT2D eigenvalue weighted by Crippen LogP contribution is 1.85. The van der Waals surface area contributed by atoms with Gasteiger partial charge in [0.1, 0.15) is 6.79 Å². The second kappa shape index (κ2) is 22.4. The molecule has 8 heteroatoms. The summed E-state index contributed by atoms with van der Waals surface area (Å²) in [5.41, 5.74) is 0. The van der Waals surface area contributed by atoms with E-state index >= 15 is 0 Å². The quantitative estimate of drug-likeness (QED) is 0.179. The standard InChI is InChI=1S/C16H32O8/c1-2-4-23-16-24-15-14-22-13-12-21-11-10-20-9-8-19-7-6-18-5-3-17/h2,17H,1,3-16H2. The van der Waals surface area contributed by atoms with E-state index in [9.17, 15) is 0 Å². The summed E-state index contributed by atoms with van der Waals surface area (Å²) in [5.74, 6) is 0. The lowest BCUT2D eigenvalue weighted by Gasteiger charge is -2.08. The maximum absolute atomic E-state index is 8.50. The lowest BCUT2D eigenvalue weighted by atomic mass is 10.7. The Bertz CT molecular complexity index is 240. The molecule has 8 nitrogen and oxygen atoms in total. The van der Waals surface area contributed by atoms with Gasteiger partial charge in [0.15, 0.2) is 0 Å². The highest BCUT2D eigenvalue weighted by atomic mass is 16.7. The Balaban J connectivity index is 2.94. The Morgan fingerprint density at radius 3 is 1.29 bits per heavy atom. The second-order valence-corrected chi connectivity index (χ2v) is 4.47. The molecule has 0 unspecified atom stereocenters. The smallest absolute Gasteiger partial charge is 0.147 e. The number of hydrogen-bond donors (Lipinski definition) is 1. The third kappa shape index (κ3) is 21.4. The van der Waals surface area contributed by atoms with Crippen molar-refractivity contribution in [2.45, 2.75) is 0 Å². The van der Waals surface area contributed by atoms with Gasteiger partial charge in [0.25, 0.3) is 0 Å². The molecule has 1 N–H and O–H groups in total. The predicted molar refractivity (Wildman–Crippen MR) is 88.1 cm³/mol. The van der Waals surface area contributed by atoms with Crippen LogP contribution in [0.4, 0.5) is 0 Å². The largest absolute Gasteiger partial charge is 0.394 e. The Labute approximate surface area is 144 Å². The molecule has 0 aromatic carbocycles. The van der Waals surface area contributed by atoms with Gasteiger partial charge in [0, 0.05) is 0 Å². The first-order valence-corrected chi connectivity index (χ1v) is 8.17. The molecule has 0 heterocycles. The SMILES string of the molecule is C=CCOCOCCOCCOCCOCCOCCOCCO. The van der Waals surface area contributed by atoms with Gasteiger partial charge < -0.3 is 38.3 Å². The van der Waals surface area contributed by atoms with E-state index in [1.54, 1.807) is 6.08 Å². The van der Waals surface area contributed by atoms with Crippen LogP contribution in [0.25, 0.3) is 0 Å². The summed E-state index contributed by atoms with van der Waals surface area (Å²) >= 11 is 0. The molecule has 0 saturated carbocycles. The highest BCUT2D eigenvalue weighted by molar-refractivity contribution is 4.62. The molecule has 0 amide bonds. The zero-order valence-corrected chi connectivity index (χ0v) is 14.5. The van der Waals surface area contributed by atoms with Crippen LogP contribution >= 0.6 is 0 Å². The maximum atomic E-state index is 8.50. The van der Waals surface area contributed by atoms with E-state index < -0.39 is 0 Å². The van der Waals surface area contributed by atoms with Crippen molar-refractivity contribution in [1.82, 2.24) is 0 Å². The van der Waals surface area contributed by atoms with Crippen molar-refractivity contribution in [1.29, 1.82) is 0 Å². The molecule has 0 aliphatic rings. The van der Waals surface area contributed by atoms with Crippen LogP contribution in [0.5, 0.6) is 0 Å². The number of ether oxygens (including phenoxy) is 7. The van der Waals surface area contributed by atoms with Crippen LogP contribution in [0.3, 0.4) is 0 Å². The average Bonchev–Trinajstić information content (AvgIpc) is 2.60. The van der Waals surface area contributed by atoms with Crippen LogP contribution in [0.2, 0.25) is 0 Å². The molecular weight excluding hydrogens is 320 g/mol. The molecular formula is C16H32O8. The molecule has 0 aliphatic carbocycles. The Kier molecular flexibility index (Phi) is 21.9. The fourth-order valence-electron chi connectivity index (χ4n) is 1.41. The Morgan fingerprint density at radius 2 is 0.917 bits per heavy atom. The zero-order chi connectivity index (χ0) is 17.6. The monoisotopic (exact) mass is 352 g/mol. The fourth-order valence-corrected chi connectivity index (χ4v) is 1.41. The highest BCUT2D eigenvalue weighted by Gasteiger charge is 1.94. The molecule has 0 aromatic heterocycles. The van der Waals surface area contributed by atoms with Gasteiger partial charge >= 0.3 is 0 Å². The van der Waals surface area contributed by atoms with E-state index in [1.165, 1.54) is 0 Å². The van der Waals surface area contributed by atoms with Crippen LogP contribution in [0, 0.1) is 0 Å². The Hall–Kier alpha value is -0.580. The van der Waals surface area contributed by atoms with Gasteiger partial charge in [-0.05, 0) is 0 Å². The summed E-state index contributed by atoms with van der Waals surface area (Å²) in [6, 6.07) is 0. The van der Waals surface area contributed by atoms with E-state index in [4.69, 9.17) is 38.3 Å². The van der Waals surface area contributed by atoms with Crippen LogP contribution in [0.15, 0.2) is 12.7 Å². The number of aliphatic hydroxyl groups is 1. The molecule has 0 atom stereocenters. The molecule has 0 aromatic rings. The van der Waals surface area contributed by atoms with Gasteiger partial charge in [-0.25, -0.2) is 0 Å². The van der Waals surface area contributed by atoms with Gasteiger partial charge in [-0.3, -0.25) is 0 Å². The first-order chi connectivity index (χ1) is 11.9. The molecule has 0 aliphatic heterocycles. The van der Waals surface area contributed by atoms with E-state index in [2.05, 4.69) is 6.58 Å². The van der Waals surface area contributed by atoms with Gasteiger partial charge in [-0.15, -0.1) is 6.58 Å². The fraction of sp³-hybridized carbons (Fsp3) is 0.875. The second-order valence-electron chi connectivity index (χ2n) is 4.47. The third-order valence-corrected chi connectivity index (χ3v) is 2.50. The summed E-state index contributed by atoms with van der Waals surface area (Å²) < 4.78 is 36.6. The minimum absolute atomic E-state index is 0.0347. The lowest BCUT2D eigenvalue weighted by molar-refractivity contribution is -0.0662. The lowest BCUT2D eigenvalue weighted by Crippen LogP contribution is -2.14. The van der Waals surface area contributed by atoms with E-state index in [0.717, 1.165) is 0 Å². The number of rotatable bonds is 21. The third-order valence-electron chi connectivity index (χ3n) is 2.50. The molecule has 0 spiro atoms. The molecule has 144 valence electrons. The minimum Gasteiger partial charge on any atom is -0.394 e. The number of aliphatic hydroxyl groups excluding tert-OH is 1. The molecule has 0 fully saturated rings. The maximum Gasteiger partial charge on any atom is 0.147 e.